The lowest BCUT2D eigenvalue weighted by Gasteiger charge is -2.06. The summed E-state index contributed by atoms with van der Waals surface area (Å²) in [4.78, 5) is 12.1. The zero-order valence-corrected chi connectivity index (χ0v) is 19.3. The van der Waals surface area contributed by atoms with Crippen LogP contribution in [0.4, 0.5) is 8.78 Å². The fourth-order valence-electron chi connectivity index (χ4n) is 3.31. The zero-order chi connectivity index (χ0) is 24.2. The number of carbonyl (C=O) groups excluding carboxylic acids is 1. The molecule has 34 heavy (non-hydrogen) atoms. The molecule has 0 saturated heterocycles. The highest BCUT2D eigenvalue weighted by molar-refractivity contribution is 5.91. The topological polar surface area (TPSA) is 35.5 Å². The lowest BCUT2D eigenvalue weighted by atomic mass is 10.1. The molecule has 0 aliphatic heterocycles. The van der Waals surface area contributed by atoms with Crippen molar-refractivity contribution in [2.45, 2.75) is 45.4 Å². The summed E-state index contributed by atoms with van der Waals surface area (Å²) in [5, 5.41) is 0. The molecule has 0 atom stereocenters. The van der Waals surface area contributed by atoms with Crippen molar-refractivity contribution in [1.82, 2.24) is 0 Å². The van der Waals surface area contributed by atoms with Gasteiger partial charge in [0.15, 0.2) is 0 Å². The maximum atomic E-state index is 13.7. The lowest BCUT2D eigenvalue weighted by molar-refractivity contribution is 0.0724. The molecule has 3 aromatic carbocycles. The number of benzene rings is 3. The zero-order valence-electron chi connectivity index (χ0n) is 19.3. The molecule has 0 aliphatic carbocycles. The molecule has 0 aromatic heterocycles. The number of ether oxygens (including phenoxy) is 2. The smallest absolute Gasteiger partial charge is 0.349 e. The molecule has 0 aliphatic rings. The third kappa shape index (κ3) is 7.74. The summed E-state index contributed by atoms with van der Waals surface area (Å²) in [6, 6.07) is 17.2. The quantitative estimate of drug-likeness (QED) is 0.137. The summed E-state index contributed by atoms with van der Waals surface area (Å²) < 4.78 is 38.3. The molecule has 0 radical (unpaired) electrons. The van der Waals surface area contributed by atoms with E-state index in [0.29, 0.717) is 5.56 Å². The van der Waals surface area contributed by atoms with E-state index in [1.54, 1.807) is 12.1 Å². The second kappa shape index (κ2) is 13.2. The molecule has 176 valence electrons. The molecule has 3 nitrogen and oxygen atoms in total. The Morgan fingerprint density at radius 1 is 0.735 bits per heavy atom. The molecule has 3 rings (SSSR count). The number of halogens is 2. The molecule has 0 saturated carbocycles. The molecule has 5 heteroatoms. The second-order valence-electron chi connectivity index (χ2n) is 7.90. The number of rotatable bonds is 10. The van der Waals surface area contributed by atoms with E-state index in [9.17, 15) is 13.6 Å². The highest BCUT2D eigenvalue weighted by Crippen LogP contribution is 2.18. The van der Waals surface area contributed by atoms with Gasteiger partial charge in [0.25, 0.3) is 0 Å². The second-order valence-corrected chi connectivity index (χ2v) is 7.90. The van der Waals surface area contributed by atoms with E-state index in [1.807, 2.05) is 24.3 Å². The van der Waals surface area contributed by atoms with Crippen molar-refractivity contribution < 1.29 is 23.0 Å². The minimum atomic E-state index is -1.09. The van der Waals surface area contributed by atoms with Gasteiger partial charge in [0, 0.05) is 11.1 Å². The molecule has 0 amide bonds. The number of hydrogen-bond donors (Lipinski definition) is 0. The summed E-state index contributed by atoms with van der Waals surface area (Å²) >= 11 is 0. The van der Waals surface area contributed by atoms with E-state index in [1.165, 1.54) is 50.3 Å². The Bertz CT molecular complexity index is 1110. The number of esters is 1. The van der Waals surface area contributed by atoms with Gasteiger partial charge in [-0.15, -0.1) is 0 Å². The highest BCUT2D eigenvalue weighted by atomic mass is 19.1. The maximum absolute atomic E-state index is 13.7. The average molecular weight is 463 g/mol. The van der Waals surface area contributed by atoms with Gasteiger partial charge in [-0.3, -0.25) is 0 Å². The SMILES string of the molecule is CCCCCCCCOc1ccc(C#Cc2ccc(OC(=O)c3c(F)cccc3F)cc2)cc1. The number of hydrogen-bond acceptors (Lipinski definition) is 3. The van der Waals surface area contributed by atoms with Gasteiger partial charge in [0.1, 0.15) is 28.7 Å². The van der Waals surface area contributed by atoms with Crippen LogP contribution in [0.2, 0.25) is 0 Å². The maximum Gasteiger partial charge on any atom is 0.349 e. The van der Waals surface area contributed by atoms with Gasteiger partial charge in [-0.2, -0.15) is 0 Å². The van der Waals surface area contributed by atoms with E-state index in [2.05, 4.69) is 18.8 Å². The first-order valence-corrected chi connectivity index (χ1v) is 11.6. The van der Waals surface area contributed by atoms with Gasteiger partial charge >= 0.3 is 5.97 Å². The van der Waals surface area contributed by atoms with Crippen molar-refractivity contribution in [3.05, 3.63) is 95.1 Å². The normalized spacial score (nSPS) is 10.3. The van der Waals surface area contributed by atoms with Crippen LogP contribution >= 0.6 is 0 Å². The standard InChI is InChI=1S/C29H28F2O3/c1-2-3-4-5-6-7-21-33-24-17-13-22(14-18-24)11-12-23-15-19-25(20-16-23)34-29(32)28-26(30)9-8-10-27(28)31/h8-10,13-20H,2-7,21H2,1H3. The Hall–Kier alpha value is -3.65. The minimum absolute atomic E-state index is 0.171. The molecular weight excluding hydrogens is 434 g/mol. The van der Waals surface area contributed by atoms with Gasteiger partial charge in [0.05, 0.1) is 6.61 Å². The van der Waals surface area contributed by atoms with Gasteiger partial charge in [-0.25, -0.2) is 13.6 Å². The summed E-state index contributed by atoms with van der Waals surface area (Å²) in [6.07, 6.45) is 7.38. The third-order valence-electron chi connectivity index (χ3n) is 5.20. The Kier molecular flexibility index (Phi) is 9.66. The molecule has 3 aromatic rings. The summed E-state index contributed by atoms with van der Waals surface area (Å²) in [5.74, 6) is 4.09. The van der Waals surface area contributed by atoms with E-state index in [-0.39, 0.29) is 5.75 Å². The van der Waals surface area contributed by atoms with Crippen molar-refractivity contribution in [3.63, 3.8) is 0 Å². The van der Waals surface area contributed by atoms with Crippen LogP contribution in [0.25, 0.3) is 0 Å². The first kappa shape index (κ1) is 25.0. The van der Waals surface area contributed by atoms with Gasteiger partial charge in [-0.05, 0) is 67.1 Å². The van der Waals surface area contributed by atoms with Gasteiger partial charge < -0.3 is 9.47 Å². The Morgan fingerprint density at radius 2 is 1.26 bits per heavy atom. The van der Waals surface area contributed by atoms with E-state index in [0.717, 1.165) is 36.5 Å². The fraction of sp³-hybridized carbons (Fsp3) is 0.276. The van der Waals surface area contributed by atoms with Crippen LogP contribution < -0.4 is 9.47 Å². The van der Waals surface area contributed by atoms with Crippen LogP contribution in [0.3, 0.4) is 0 Å². The summed E-state index contributed by atoms with van der Waals surface area (Å²) in [5.41, 5.74) is 0.837. The predicted octanol–water partition coefficient (Wildman–Crippen LogP) is 7.32. The highest BCUT2D eigenvalue weighted by Gasteiger charge is 2.19. The van der Waals surface area contributed by atoms with Crippen molar-refractivity contribution in [3.8, 4) is 23.3 Å². The Morgan fingerprint density at radius 3 is 1.85 bits per heavy atom. The number of carbonyl (C=O) groups is 1. The van der Waals surface area contributed by atoms with Crippen LogP contribution in [-0.4, -0.2) is 12.6 Å². The summed E-state index contributed by atoms with van der Waals surface area (Å²) in [7, 11) is 0. The first-order chi connectivity index (χ1) is 16.6. The van der Waals surface area contributed by atoms with Crippen LogP contribution in [0.1, 0.15) is 66.9 Å². The van der Waals surface area contributed by atoms with E-state index < -0.39 is 23.2 Å². The summed E-state index contributed by atoms with van der Waals surface area (Å²) in [6.45, 7) is 2.94. The van der Waals surface area contributed by atoms with Crippen molar-refractivity contribution in [2.24, 2.45) is 0 Å². The molecule has 0 heterocycles. The average Bonchev–Trinajstić information content (AvgIpc) is 2.84. The Balaban J connectivity index is 1.49. The van der Waals surface area contributed by atoms with Gasteiger partial charge in [0.2, 0.25) is 0 Å². The lowest BCUT2D eigenvalue weighted by Crippen LogP contribution is -2.13. The van der Waals surface area contributed by atoms with E-state index in [4.69, 9.17) is 9.47 Å². The minimum Gasteiger partial charge on any atom is -0.494 e. The molecule has 0 bridgehead atoms. The van der Waals surface area contributed by atoms with Crippen LogP contribution in [0, 0.1) is 23.5 Å². The van der Waals surface area contributed by atoms with Crippen LogP contribution in [0.15, 0.2) is 66.7 Å². The van der Waals surface area contributed by atoms with Crippen LogP contribution in [0.5, 0.6) is 11.5 Å². The largest absolute Gasteiger partial charge is 0.494 e. The monoisotopic (exact) mass is 462 g/mol. The Labute approximate surface area is 199 Å². The number of unbranched alkanes of at least 4 members (excludes halogenated alkanes) is 5. The molecule has 0 spiro atoms. The molecule has 0 fully saturated rings. The first-order valence-electron chi connectivity index (χ1n) is 11.6. The van der Waals surface area contributed by atoms with Crippen molar-refractivity contribution >= 4 is 5.97 Å². The fourth-order valence-corrected chi connectivity index (χ4v) is 3.31. The molecule has 0 unspecified atom stereocenters. The van der Waals surface area contributed by atoms with Crippen LogP contribution in [-0.2, 0) is 0 Å². The third-order valence-corrected chi connectivity index (χ3v) is 5.20. The van der Waals surface area contributed by atoms with E-state index >= 15 is 0 Å². The molecular formula is C29H28F2O3. The van der Waals surface area contributed by atoms with Crippen molar-refractivity contribution in [2.75, 3.05) is 6.61 Å². The predicted molar refractivity (Wildman–Crippen MR) is 129 cm³/mol. The van der Waals surface area contributed by atoms with Crippen molar-refractivity contribution in [1.29, 1.82) is 0 Å². The van der Waals surface area contributed by atoms with Gasteiger partial charge in [-0.1, -0.05) is 56.9 Å². The molecule has 0 N–H and O–H groups in total.